The lowest BCUT2D eigenvalue weighted by Gasteiger charge is -2.23. The van der Waals surface area contributed by atoms with Gasteiger partial charge in [-0.15, -0.1) is 0 Å². The molecule has 0 atom stereocenters. The Kier molecular flexibility index (Phi) is 5.49. The first-order valence-corrected chi connectivity index (χ1v) is 6.97. The summed E-state index contributed by atoms with van der Waals surface area (Å²) in [7, 11) is 1.21. The maximum absolute atomic E-state index is 12.4. The van der Waals surface area contributed by atoms with E-state index in [1.165, 1.54) is 31.4 Å². The van der Waals surface area contributed by atoms with Crippen LogP contribution in [-0.4, -0.2) is 50.4 Å². The van der Waals surface area contributed by atoms with Crippen LogP contribution >= 0.6 is 11.6 Å². The Labute approximate surface area is 148 Å². The molecule has 140 valence electrons. The van der Waals surface area contributed by atoms with Gasteiger partial charge in [0.25, 0.3) is 0 Å². The molecule has 0 spiro atoms. The average Bonchev–Trinajstić information content (AvgIpc) is 2.52. The van der Waals surface area contributed by atoms with Crippen molar-refractivity contribution < 1.29 is 37.7 Å². The van der Waals surface area contributed by atoms with Gasteiger partial charge in [0.05, 0.1) is 12.7 Å². The minimum Gasteiger partial charge on any atom is -0.465 e. The monoisotopic (exact) mass is 394 g/mol. The number of anilines is 2. The van der Waals surface area contributed by atoms with E-state index in [1.807, 2.05) is 0 Å². The lowest BCUT2D eigenvalue weighted by molar-refractivity contribution is -0.430. The van der Waals surface area contributed by atoms with Crippen LogP contribution in [0.4, 0.5) is 24.8 Å². The van der Waals surface area contributed by atoms with Gasteiger partial charge in [0.1, 0.15) is 0 Å². The second-order valence-corrected chi connectivity index (χ2v) is 4.95. The van der Waals surface area contributed by atoms with Gasteiger partial charge in [-0.1, -0.05) is 0 Å². The second kappa shape index (κ2) is 7.27. The fourth-order valence-electron chi connectivity index (χ4n) is 1.56. The molecule has 0 unspecified atom stereocenters. The molecule has 9 nitrogen and oxygen atoms in total. The molecule has 1 aromatic carbocycles. The van der Waals surface area contributed by atoms with Gasteiger partial charge in [0, 0.05) is 5.69 Å². The Morgan fingerprint density at radius 3 is 2.31 bits per heavy atom. The molecule has 0 saturated heterocycles. The van der Waals surface area contributed by atoms with Crippen LogP contribution in [0, 0.1) is 0 Å². The number of hydrogen-bond donors (Lipinski definition) is 3. The molecular weight excluding hydrogens is 385 g/mol. The summed E-state index contributed by atoms with van der Waals surface area (Å²) < 4.78 is 45.7. The van der Waals surface area contributed by atoms with Crippen molar-refractivity contribution in [2.24, 2.45) is 0 Å². The Balaban J connectivity index is 2.21. The summed E-state index contributed by atoms with van der Waals surface area (Å²) in [5, 5.41) is 19.8. The molecule has 26 heavy (non-hydrogen) atoms. The molecule has 0 fully saturated rings. The molecule has 0 aliphatic rings. The van der Waals surface area contributed by atoms with Crippen molar-refractivity contribution in [2.45, 2.75) is 12.1 Å². The smallest absolute Gasteiger partial charge is 0.465 e. The molecule has 1 heterocycles. The normalized spacial score (nSPS) is 11.8. The minimum atomic E-state index is -5.52. The zero-order valence-corrected chi connectivity index (χ0v) is 13.5. The molecule has 0 radical (unpaired) electrons. The van der Waals surface area contributed by atoms with Crippen molar-refractivity contribution in [1.29, 1.82) is 0 Å². The maximum Gasteiger partial charge on any atom is 0.486 e. The van der Waals surface area contributed by atoms with Crippen LogP contribution in [-0.2, 0) is 4.74 Å². The van der Waals surface area contributed by atoms with E-state index >= 15 is 0 Å². The lowest BCUT2D eigenvalue weighted by Crippen LogP contribution is -2.50. The molecule has 0 aliphatic heterocycles. The number of aliphatic hydroxyl groups is 2. The fourth-order valence-corrected chi connectivity index (χ4v) is 1.71. The number of esters is 1. The summed E-state index contributed by atoms with van der Waals surface area (Å²) in [6.45, 7) is 0. The van der Waals surface area contributed by atoms with Gasteiger partial charge in [-0.3, -0.25) is 0 Å². The number of rotatable bonds is 5. The molecule has 0 bridgehead atoms. The summed E-state index contributed by atoms with van der Waals surface area (Å²) in [4.78, 5) is 21.6. The summed E-state index contributed by atoms with van der Waals surface area (Å²) in [6.07, 6.45) is -5.52. The van der Waals surface area contributed by atoms with Crippen molar-refractivity contribution in [3.8, 4) is 6.01 Å². The van der Waals surface area contributed by atoms with Crippen molar-refractivity contribution in [2.75, 3.05) is 12.4 Å². The number of ether oxygens (including phenoxy) is 2. The first kappa shape index (κ1) is 19.6. The molecule has 0 aliphatic carbocycles. The highest BCUT2D eigenvalue weighted by Gasteiger charge is 2.57. The van der Waals surface area contributed by atoms with Gasteiger partial charge in [-0.2, -0.15) is 28.1 Å². The molecule has 0 amide bonds. The molecule has 2 aromatic rings. The zero-order chi connectivity index (χ0) is 19.5. The van der Waals surface area contributed by atoms with E-state index < -0.39 is 29.4 Å². The molecule has 2 rings (SSSR count). The number of methoxy groups -OCH3 is 1. The fraction of sp³-hybridized carbons (Fsp3) is 0.231. The van der Waals surface area contributed by atoms with E-state index in [9.17, 15) is 18.0 Å². The van der Waals surface area contributed by atoms with Gasteiger partial charge < -0.3 is 25.0 Å². The number of nitrogens with zero attached hydrogens (tertiary/aromatic N) is 3. The standard InChI is InChI=1S/C13H10ClF3N4O5/c1-25-8(22)6-2-4-7(5-3-6)18-10-19-9(14)20-11(21-10)26-13(23,24)12(15,16)17/h2-5,23-24H,1H3,(H,18,19,20,21). The van der Waals surface area contributed by atoms with Gasteiger partial charge >= 0.3 is 24.1 Å². The van der Waals surface area contributed by atoms with Crippen molar-refractivity contribution in [1.82, 2.24) is 15.0 Å². The van der Waals surface area contributed by atoms with E-state index in [4.69, 9.17) is 21.8 Å². The summed E-state index contributed by atoms with van der Waals surface area (Å²) in [5.74, 6) is -5.43. The van der Waals surface area contributed by atoms with Crippen LogP contribution in [0.3, 0.4) is 0 Å². The van der Waals surface area contributed by atoms with Crippen molar-refractivity contribution in [3.63, 3.8) is 0 Å². The Morgan fingerprint density at radius 2 is 1.77 bits per heavy atom. The van der Waals surface area contributed by atoms with Crippen LogP contribution in [0.15, 0.2) is 24.3 Å². The summed E-state index contributed by atoms with van der Waals surface area (Å²) >= 11 is 5.56. The predicted octanol–water partition coefficient (Wildman–Crippen LogP) is 1.63. The topological polar surface area (TPSA) is 127 Å². The van der Waals surface area contributed by atoms with Crippen LogP contribution in [0.2, 0.25) is 5.28 Å². The van der Waals surface area contributed by atoms with E-state index in [1.54, 1.807) is 0 Å². The average molecular weight is 395 g/mol. The Morgan fingerprint density at radius 1 is 1.15 bits per heavy atom. The molecule has 1 aromatic heterocycles. The van der Waals surface area contributed by atoms with Gasteiger partial charge in [0.2, 0.25) is 11.2 Å². The lowest BCUT2D eigenvalue weighted by atomic mass is 10.2. The summed E-state index contributed by atoms with van der Waals surface area (Å²) in [5.41, 5.74) is 0.590. The third kappa shape index (κ3) is 4.68. The van der Waals surface area contributed by atoms with Crippen LogP contribution in [0.1, 0.15) is 10.4 Å². The quantitative estimate of drug-likeness (QED) is 0.512. The largest absolute Gasteiger partial charge is 0.486 e. The maximum atomic E-state index is 12.4. The minimum absolute atomic E-state index is 0.256. The number of nitrogens with one attached hydrogen (secondary N) is 1. The molecule has 3 N–H and O–H groups in total. The SMILES string of the molecule is COC(=O)c1ccc(Nc2nc(Cl)nc(OC(O)(O)C(F)(F)F)n2)cc1. The Hall–Kier alpha value is -2.70. The molecular formula is C13H10ClF3N4O5. The highest BCUT2D eigenvalue weighted by Crippen LogP contribution is 2.30. The van der Waals surface area contributed by atoms with E-state index in [0.29, 0.717) is 5.69 Å². The van der Waals surface area contributed by atoms with Crippen molar-refractivity contribution >= 4 is 29.2 Å². The number of alkyl halides is 3. The number of carbonyl (C=O) groups is 1. The first-order chi connectivity index (χ1) is 12.0. The number of aromatic nitrogens is 3. The highest BCUT2D eigenvalue weighted by molar-refractivity contribution is 6.28. The second-order valence-electron chi connectivity index (χ2n) is 4.61. The molecule has 0 saturated carbocycles. The number of hydrogen-bond acceptors (Lipinski definition) is 9. The zero-order valence-electron chi connectivity index (χ0n) is 12.8. The van der Waals surface area contributed by atoms with E-state index in [2.05, 4.69) is 29.7 Å². The third-order valence-electron chi connectivity index (χ3n) is 2.75. The van der Waals surface area contributed by atoms with Crippen LogP contribution in [0.25, 0.3) is 0 Å². The highest BCUT2D eigenvalue weighted by atomic mass is 35.5. The summed E-state index contributed by atoms with van der Waals surface area (Å²) in [6, 6.07) is 4.60. The molecule has 13 heteroatoms. The number of carbonyl (C=O) groups excluding carboxylic acids is 1. The van der Waals surface area contributed by atoms with Crippen LogP contribution in [0.5, 0.6) is 6.01 Å². The predicted molar refractivity (Wildman–Crippen MR) is 79.8 cm³/mol. The van der Waals surface area contributed by atoms with E-state index in [-0.39, 0.29) is 11.5 Å². The van der Waals surface area contributed by atoms with Gasteiger partial charge in [-0.05, 0) is 35.9 Å². The number of halogens is 4. The Bertz CT molecular complexity index is 801. The number of benzene rings is 1. The van der Waals surface area contributed by atoms with Gasteiger partial charge in [-0.25, -0.2) is 4.79 Å². The van der Waals surface area contributed by atoms with E-state index in [0.717, 1.165) is 0 Å². The van der Waals surface area contributed by atoms with Gasteiger partial charge in [0.15, 0.2) is 0 Å². The van der Waals surface area contributed by atoms with Crippen LogP contribution < -0.4 is 10.1 Å². The first-order valence-electron chi connectivity index (χ1n) is 6.59. The third-order valence-corrected chi connectivity index (χ3v) is 2.92. The van der Waals surface area contributed by atoms with Crippen molar-refractivity contribution in [3.05, 3.63) is 35.1 Å².